The second kappa shape index (κ2) is 33.7. The number of allylic oxidation sites excluding steroid dienone is 8. The van der Waals surface area contributed by atoms with Gasteiger partial charge in [-0.1, -0.05) is 134 Å². The molecule has 0 saturated heterocycles. The lowest BCUT2D eigenvalue weighted by Gasteiger charge is -2.14. The molecule has 0 N–H and O–H groups in total. The summed E-state index contributed by atoms with van der Waals surface area (Å²) in [5.74, 6) is -2.39. The Morgan fingerprint density at radius 3 is 1.41 bits per heavy atom. The van der Waals surface area contributed by atoms with Crippen LogP contribution in [0.25, 0.3) is 0 Å². The van der Waals surface area contributed by atoms with Crippen molar-refractivity contribution < 1.29 is 19.1 Å². The number of carbonyl (C=O) groups is 3. The predicted octanol–water partition coefficient (Wildman–Crippen LogP) is 11.9. The van der Waals surface area contributed by atoms with Gasteiger partial charge in [-0.15, -0.1) is 0 Å². The molecule has 4 nitrogen and oxygen atoms in total. The molecule has 0 amide bonds. The summed E-state index contributed by atoms with van der Waals surface area (Å²) in [6.07, 6.45) is 42.2. The van der Waals surface area contributed by atoms with Crippen molar-refractivity contribution in [1.29, 1.82) is 0 Å². The minimum absolute atomic E-state index is 0.233. The molecule has 44 heavy (non-hydrogen) atoms. The summed E-state index contributed by atoms with van der Waals surface area (Å²) in [5.41, 5.74) is 0. The van der Waals surface area contributed by atoms with E-state index < -0.39 is 23.5 Å². The SMILES string of the molecule is CCCCC/C=C\C/C=C\CCCCCCC(=O)C(=O)C(CCCCCC/C=C\C/C=C\CCCCC)C(=O)OCCCC. The molecule has 0 radical (unpaired) electrons. The Kier molecular flexibility index (Phi) is 32.0. The molecule has 0 aliphatic heterocycles. The van der Waals surface area contributed by atoms with E-state index >= 15 is 0 Å². The monoisotopic (exact) mass is 613 g/mol. The third kappa shape index (κ3) is 27.3. The Balaban J connectivity index is 4.26. The fourth-order valence-electron chi connectivity index (χ4n) is 4.99. The molecule has 0 aromatic heterocycles. The van der Waals surface area contributed by atoms with Crippen LogP contribution in [0.15, 0.2) is 48.6 Å². The zero-order chi connectivity index (χ0) is 32.4. The normalized spacial score (nSPS) is 12.7. The van der Waals surface area contributed by atoms with Crippen LogP contribution < -0.4 is 0 Å². The van der Waals surface area contributed by atoms with E-state index in [2.05, 4.69) is 62.5 Å². The Bertz CT molecular complexity index is 804. The molecule has 0 saturated carbocycles. The number of hydrogen-bond acceptors (Lipinski definition) is 4. The topological polar surface area (TPSA) is 60.4 Å². The highest BCUT2D eigenvalue weighted by Gasteiger charge is 2.31. The lowest BCUT2D eigenvalue weighted by molar-refractivity contribution is -0.155. The van der Waals surface area contributed by atoms with E-state index in [9.17, 15) is 14.4 Å². The quantitative estimate of drug-likeness (QED) is 0.0249. The summed E-state index contributed by atoms with van der Waals surface area (Å²) >= 11 is 0. The number of hydrogen-bond donors (Lipinski definition) is 0. The van der Waals surface area contributed by atoms with Crippen LogP contribution in [-0.2, 0) is 19.1 Å². The van der Waals surface area contributed by atoms with Crippen LogP contribution in [0.2, 0.25) is 0 Å². The number of unbranched alkanes of at least 4 members (excludes halogenated alkanes) is 15. The van der Waals surface area contributed by atoms with Crippen molar-refractivity contribution in [2.24, 2.45) is 5.92 Å². The van der Waals surface area contributed by atoms with Crippen LogP contribution in [0, 0.1) is 5.92 Å². The van der Waals surface area contributed by atoms with Gasteiger partial charge in [0.1, 0.15) is 5.92 Å². The first kappa shape index (κ1) is 41.8. The van der Waals surface area contributed by atoms with Gasteiger partial charge < -0.3 is 4.74 Å². The molecule has 4 heteroatoms. The van der Waals surface area contributed by atoms with Gasteiger partial charge in [0.25, 0.3) is 0 Å². The van der Waals surface area contributed by atoms with E-state index in [0.717, 1.165) is 83.5 Å². The second-order valence-corrected chi connectivity index (χ2v) is 12.2. The molecular formula is C40H68O4. The maximum Gasteiger partial charge on any atom is 0.316 e. The van der Waals surface area contributed by atoms with Gasteiger partial charge in [-0.2, -0.15) is 0 Å². The first-order valence-corrected chi connectivity index (χ1v) is 18.4. The standard InChI is InChI=1S/C40H68O4/c1-4-7-10-12-14-16-18-20-22-24-26-28-30-32-34-37(40(43)44-36-9-6-3)39(42)38(41)35-33-31-29-27-25-23-21-19-17-15-13-11-8-5-2/h14-17,20-23,37H,4-13,18-19,24-36H2,1-3H3/b16-14-,17-15-,22-20-,23-21-. The number of esters is 1. The van der Waals surface area contributed by atoms with Gasteiger partial charge in [0.2, 0.25) is 5.78 Å². The van der Waals surface area contributed by atoms with E-state index in [-0.39, 0.29) is 6.42 Å². The van der Waals surface area contributed by atoms with Crippen molar-refractivity contribution >= 4 is 17.5 Å². The van der Waals surface area contributed by atoms with E-state index in [0.29, 0.717) is 19.4 Å². The van der Waals surface area contributed by atoms with Gasteiger partial charge in [-0.25, -0.2) is 0 Å². The first-order chi connectivity index (χ1) is 21.6. The van der Waals surface area contributed by atoms with E-state index in [1.54, 1.807) is 0 Å². The maximum atomic E-state index is 13.0. The summed E-state index contributed by atoms with van der Waals surface area (Å²) in [5, 5.41) is 0. The van der Waals surface area contributed by atoms with Crippen LogP contribution in [0.3, 0.4) is 0 Å². The van der Waals surface area contributed by atoms with E-state index in [1.165, 1.54) is 51.4 Å². The molecule has 1 unspecified atom stereocenters. The van der Waals surface area contributed by atoms with Crippen molar-refractivity contribution in [3.63, 3.8) is 0 Å². The van der Waals surface area contributed by atoms with Crippen molar-refractivity contribution in [2.75, 3.05) is 6.61 Å². The fraction of sp³-hybridized carbons (Fsp3) is 0.725. The second-order valence-electron chi connectivity index (χ2n) is 12.2. The molecule has 1 atom stereocenters. The van der Waals surface area contributed by atoms with Crippen LogP contribution >= 0.6 is 0 Å². The summed E-state index contributed by atoms with van der Waals surface area (Å²) in [6, 6.07) is 0. The molecule has 0 aromatic rings. The number of ether oxygens (including phenoxy) is 1. The van der Waals surface area contributed by atoms with Crippen LogP contribution in [0.5, 0.6) is 0 Å². The zero-order valence-corrected chi connectivity index (χ0v) is 29.0. The molecule has 0 spiro atoms. The largest absolute Gasteiger partial charge is 0.465 e. The highest BCUT2D eigenvalue weighted by atomic mass is 16.5. The van der Waals surface area contributed by atoms with Gasteiger partial charge in [0, 0.05) is 6.42 Å². The number of carbonyl (C=O) groups excluding carboxylic acids is 3. The Hall–Kier alpha value is -2.23. The molecule has 0 aliphatic carbocycles. The minimum Gasteiger partial charge on any atom is -0.465 e. The molecule has 252 valence electrons. The van der Waals surface area contributed by atoms with E-state index in [4.69, 9.17) is 4.74 Å². The Morgan fingerprint density at radius 2 is 0.932 bits per heavy atom. The van der Waals surface area contributed by atoms with Gasteiger partial charge >= 0.3 is 5.97 Å². The van der Waals surface area contributed by atoms with Gasteiger partial charge in [0.15, 0.2) is 5.78 Å². The minimum atomic E-state index is -0.936. The number of rotatable bonds is 32. The van der Waals surface area contributed by atoms with Crippen molar-refractivity contribution in [1.82, 2.24) is 0 Å². The van der Waals surface area contributed by atoms with Crippen LogP contribution in [-0.4, -0.2) is 24.1 Å². The molecule has 0 aromatic carbocycles. The fourth-order valence-corrected chi connectivity index (χ4v) is 4.99. The Labute approximate surface area is 272 Å². The highest BCUT2D eigenvalue weighted by Crippen LogP contribution is 2.18. The maximum absolute atomic E-state index is 13.0. The molecule has 0 bridgehead atoms. The lowest BCUT2D eigenvalue weighted by atomic mass is 9.92. The first-order valence-electron chi connectivity index (χ1n) is 18.4. The predicted molar refractivity (Wildman–Crippen MR) is 189 cm³/mol. The van der Waals surface area contributed by atoms with Gasteiger partial charge in [-0.3, -0.25) is 14.4 Å². The smallest absolute Gasteiger partial charge is 0.316 e. The third-order valence-electron chi connectivity index (χ3n) is 7.92. The molecule has 0 rings (SSSR count). The summed E-state index contributed by atoms with van der Waals surface area (Å²) < 4.78 is 5.38. The van der Waals surface area contributed by atoms with Crippen molar-refractivity contribution in [2.45, 2.75) is 175 Å². The molecule has 0 fully saturated rings. The van der Waals surface area contributed by atoms with Crippen LogP contribution in [0.4, 0.5) is 0 Å². The van der Waals surface area contributed by atoms with Crippen molar-refractivity contribution in [3.8, 4) is 0 Å². The average Bonchev–Trinajstić information content (AvgIpc) is 3.02. The average molecular weight is 613 g/mol. The summed E-state index contributed by atoms with van der Waals surface area (Å²) in [4.78, 5) is 38.4. The number of Topliss-reactive ketones (excluding diaryl/α,β-unsaturated/α-hetero) is 2. The van der Waals surface area contributed by atoms with Gasteiger partial charge in [0.05, 0.1) is 6.61 Å². The highest BCUT2D eigenvalue weighted by molar-refractivity contribution is 6.41. The van der Waals surface area contributed by atoms with E-state index in [1.807, 2.05) is 6.92 Å². The lowest BCUT2D eigenvalue weighted by Crippen LogP contribution is -2.32. The summed E-state index contributed by atoms with van der Waals surface area (Å²) in [6.45, 7) is 6.81. The molecule has 0 aliphatic rings. The number of ketones is 2. The Morgan fingerprint density at radius 1 is 0.500 bits per heavy atom. The third-order valence-corrected chi connectivity index (χ3v) is 7.92. The summed E-state index contributed by atoms with van der Waals surface area (Å²) in [7, 11) is 0. The molecule has 0 heterocycles. The zero-order valence-electron chi connectivity index (χ0n) is 29.0. The molecular weight excluding hydrogens is 544 g/mol. The van der Waals surface area contributed by atoms with Crippen LogP contribution in [0.1, 0.15) is 175 Å². The van der Waals surface area contributed by atoms with Gasteiger partial charge in [-0.05, 0) is 83.5 Å². The van der Waals surface area contributed by atoms with Crippen molar-refractivity contribution in [3.05, 3.63) is 48.6 Å².